The van der Waals surface area contributed by atoms with Crippen molar-refractivity contribution >= 4 is 28.2 Å². The molecule has 9 heteroatoms. The van der Waals surface area contributed by atoms with Gasteiger partial charge in [-0.25, -0.2) is 9.37 Å². The van der Waals surface area contributed by atoms with E-state index >= 15 is 0 Å². The van der Waals surface area contributed by atoms with Gasteiger partial charge in [0.05, 0.1) is 24.0 Å². The van der Waals surface area contributed by atoms with Gasteiger partial charge in [-0.3, -0.25) is 18.4 Å². The number of phenols is 1. The lowest BCUT2D eigenvalue weighted by Crippen LogP contribution is -2.22. The van der Waals surface area contributed by atoms with Gasteiger partial charge in [0.25, 0.3) is 5.56 Å². The number of thiazole rings is 1. The van der Waals surface area contributed by atoms with Crippen molar-refractivity contribution in [2.75, 3.05) is 13.8 Å². The van der Waals surface area contributed by atoms with Crippen LogP contribution in [0.3, 0.4) is 0 Å². The minimum absolute atomic E-state index is 0.0288. The number of benzene rings is 2. The molecule has 0 unspecified atom stereocenters. The molecule has 4 aromatic rings. The summed E-state index contributed by atoms with van der Waals surface area (Å²) in [5.41, 5.74) is 1.86. The van der Waals surface area contributed by atoms with Gasteiger partial charge in [0.15, 0.2) is 28.1 Å². The van der Waals surface area contributed by atoms with Crippen molar-refractivity contribution in [3.8, 4) is 22.8 Å². The molecule has 0 saturated carbocycles. The third-order valence-electron chi connectivity index (χ3n) is 4.91. The maximum Gasteiger partial charge on any atom is 0.274 e. The van der Waals surface area contributed by atoms with Crippen molar-refractivity contribution in [1.82, 2.24) is 9.38 Å². The van der Waals surface area contributed by atoms with Crippen LogP contribution in [0.15, 0.2) is 47.4 Å². The lowest BCUT2D eigenvalue weighted by molar-refractivity contribution is 0.0977. The number of hydrogen-bond donors (Lipinski definition) is 1. The lowest BCUT2D eigenvalue weighted by Gasteiger charge is -2.04. The number of carbonyl (C=O) groups excluding carboxylic acids is 1. The van der Waals surface area contributed by atoms with E-state index in [0.29, 0.717) is 26.3 Å². The lowest BCUT2D eigenvalue weighted by atomic mass is 10.0. The zero-order valence-electron chi connectivity index (χ0n) is 17.0. The summed E-state index contributed by atoms with van der Waals surface area (Å²) in [7, 11) is 1.31. The number of aromatic hydroxyl groups is 1. The number of hydrogen-bond acceptors (Lipinski definition) is 6. The van der Waals surface area contributed by atoms with Gasteiger partial charge in [-0.2, -0.15) is 0 Å². The number of methoxy groups -OCH3 is 1. The maximum absolute atomic E-state index is 13.9. The molecule has 164 valence electrons. The molecule has 0 amide bonds. The van der Waals surface area contributed by atoms with E-state index in [1.807, 2.05) is 0 Å². The highest BCUT2D eigenvalue weighted by atomic mass is 32.1. The molecule has 0 bridgehead atoms. The average molecular weight is 456 g/mol. The number of imidazole rings is 1. The van der Waals surface area contributed by atoms with Gasteiger partial charge in [0, 0.05) is 23.7 Å². The molecule has 0 spiro atoms. The fourth-order valence-corrected chi connectivity index (χ4v) is 4.21. The normalized spacial score (nSPS) is 11.9. The van der Waals surface area contributed by atoms with E-state index in [0.717, 1.165) is 23.0 Å². The van der Waals surface area contributed by atoms with Crippen molar-refractivity contribution in [3.05, 3.63) is 74.4 Å². The Morgan fingerprint density at radius 2 is 2.03 bits per heavy atom. The summed E-state index contributed by atoms with van der Waals surface area (Å²) in [6.07, 6.45) is 3.46. The van der Waals surface area contributed by atoms with Crippen LogP contribution in [-0.4, -0.2) is 34.1 Å². The zero-order chi connectivity index (χ0) is 22.8. The Labute approximate surface area is 185 Å². The molecule has 0 radical (unpaired) electrons. The highest BCUT2D eigenvalue weighted by molar-refractivity contribution is 7.15. The van der Waals surface area contributed by atoms with E-state index < -0.39 is 18.2 Å². The first-order chi connectivity index (χ1) is 15.4. The minimum Gasteiger partial charge on any atom is -0.502 e. The van der Waals surface area contributed by atoms with Crippen LogP contribution < -0.4 is 14.8 Å². The third kappa shape index (κ3) is 4.11. The minimum atomic E-state index is -0.849. The standard InChI is InChI=1S/C23H18F2N2O4S/c1-31-19-10-13(9-16(25)21(19)29)11-20-22(30)27-12-17(26-23(27)32-20)14-4-6-15(7-5-14)18(28)3-2-8-24/h4-7,9-12,29H,2-3,8H2,1H3/b20-11-. The average Bonchev–Trinajstić information content (AvgIpc) is 3.34. The number of halogens is 2. The molecule has 32 heavy (non-hydrogen) atoms. The van der Waals surface area contributed by atoms with E-state index in [-0.39, 0.29) is 29.9 Å². The van der Waals surface area contributed by atoms with Gasteiger partial charge < -0.3 is 9.84 Å². The molecule has 0 aliphatic rings. The summed E-state index contributed by atoms with van der Waals surface area (Å²) >= 11 is 1.14. The number of carbonyl (C=O) groups is 1. The largest absolute Gasteiger partial charge is 0.502 e. The smallest absolute Gasteiger partial charge is 0.274 e. The van der Waals surface area contributed by atoms with Gasteiger partial charge in [-0.05, 0) is 30.2 Å². The number of Topliss-reactive ketones (excluding diaryl/α,β-unsaturated/α-hetero) is 1. The Morgan fingerprint density at radius 1 is 1.28 bits per heavy atom. The van der Waals surface area contributed by atoms with Crippen LogP contribution in [0.25, 0.3) is 22.3 Å². The summed E-state index contributed by atoms with van der Waals surface area (Å²) in [5.74, 6) is -1.59. The molecule has 6 nitrogen and oxygen atoms in total. The van der Waals surface area contributed by atoms with Crippen LogP contribution in [0, 0.1) is 5.82 Å². The number of phenolic OH excluding ortho intramolecular Hbond substituents is 1. The van der Waals surface area contributed by atoms with E-state index in [1.165, 1.54) is 23.7 Å². The predicted molar refractivity (Wildman–Crippen MR) is 118 cm³/mol. The summed E-state index contributed by atoms with van der Waals surface area (Å²) in [6, 6.07) is 9.33. The molecule has 0 atom stereocenters. The first-order valence-corrected chi connectivity index (χ1v) is 10.5. The Kier molecular flexibility index (Phi) is 6.00. The number of ether oxygens (including phenoxy) is 1. The zero-order valence-corrected chi connectivity index (χ0v) is 17.8. The van der Waals surface area contributed by atoms with E-state index in [4.69, 9.17) is 4.74 Å². The van der Waals surface area contributed by atoms with Gasteiger partial charge in [-0.15, -0.1) is 0 Å². The van der Waals surface area contributed by atoms with Crippen LogP contribution in [0.4, 0.5) is 8.78 Å². The molecular formula is C23H18F2N2O4S. The molecule has 2 aromatic carbocycles. The van der Waals surface area contributed by atoms with Crippen LogP contribution in [0.2, 0.25) is 0 Å². The molecular weight excluding hydrogens is 438 g/mol. The molecule has 0 fully saturated rings. The van der Waals surface area contributed by atoms with Crippen molar-refractivity contribution in [2.45, 2.75) is 12.8 Å². The number of fused-ring (bicyclic) bond motifs is 1. The predicted octanol–water partition coefficient (Wildman–Crippen LogP) is 3.76. The Morgan fingerprint density at radius 3 is 2.69 bits per heavy atom. The fourth-order valence-electron chi connectivity index (χ4n) is 3.25. The summed E-state index contributed by atoms with van der Waals surface area (Å²) in [4.78, 5) is 29.7. The van der Waals surface area contributed by atoms with E-state index in [9.17, 15) is 23.5 Å². The van der Waals surface area contributed by atoms with Crippen molar-refractivity contribution < 1.29 is 23.4 Å². The monoisotopic (exact) mass is 456 g/mol. The second-order valence-electron chi connectivity index (χ2n) is 7.04. The van der Waals surface area contributed by atoms with Gasteiger partial charge in [0.1, 0.15) is 0 Å². The molecule has 2 aromatic heterocycles. The summed E-state index contributed by atoms with van der Waals surface area (Å²) in [6.45, 7) is -0.526. The summed E-state index contributed by atoms with van der Waals surface area (Å²) < 4.78 is 32.8. The second-order valence-corrected chi connectivity index (χ2v) is 8.05. The Balaban J connectivity index is 1.65. The quantitative estimate of drug-likeness (QED) is 0.429. The van der Waals surface area contributed by atoms with Gasteiger partial charge in [0.2, 0.25) is 0 Å². The number of rotatable bonds is 7. The van der Waals surface area contributed by atoms with Gasteiger partial charge >= 0.3 is 0 Å². The van der Waals surface area contributed by atoms with Crippen molar-refractivity contribution in [3.63, 3.8) is 0 Å². The van der Waals surface area contributed by atoms with Crippen molar-refractivity contribution in [1.29, 1.82) is 0 Å². The van der Waals surface area contributed by atoms with Crippen molar-refractivity contribution in [2.24, 2.45) is 0 Å². The molecule has 0 aliphatic heterocycles. The number of aromatic nitrogens is 2. The Hall–Kier alpha value is -3.59. The molecule has 0 saturated heterocycles. The molecule has 1 N–H and O–H groups in total. The molecule has 0 aliphatic carbocycles. The van der Waals surface area contributed by atoms with Crippen LogP contribution in [0.5, 0.6) is 11.5 Å². The van der Waals surface area contributed by atoms with E-state index in [2.05, 4.69) is 4.98 Å². The molecule has 4 rings (SSSR count). The van der Waals surface area contributed by atoms with Crippen LogP contribution in [0.1, 0.15) is 28.8 Å². The van der Waals surface area contributed by atoms with Crippen LogP contribution in [-0.2, 0) is 0 Å². The Bertz CT molecular complexity index is 1410. The van der Waals surface area contributed by atoms with E-state index in [1.54, 1.807) is 30.5 Å². The topological polar surface area (TPSA) is 80.9 Å². The number of alkyl halides is 1. The van der Waals surface area contributed by atoms with Crippen LogP contribution >= 0.6 is 11.3 Å². The highest BCUT2D eigenvalue weighted by Gasteiger charge is 2.13. The molecule has 2 heterocycles. The first-order valence-electron chi connectivity index (χ1n) is 9.71. The third-order valence-corrected chi connectivity index (χ3v) is 5.90. The number of nitrogens with zero attached hydrogens (tertiary/aromatic N) is 2. The second kappa shape index (κ2) is 8.88. The van der Waals surface area contributed by atoms with Gasteiger partial charge in [-0.1, -0.05) is 35.6 Å². The SMILES string of the molecule is COc1cc(/C=c2\sc3nc(-c4ccc(C(=O)CCCF)cc4)cn3c2=O)cc(F)c1O. The fraction of sp³-hybridized carbons (Fsp3) is 0.174. The number of ketones is 1. The maximum atomic E-state index is 13.9. The summed E-state index contributed by atoms with van der Waals surface area (Å²) in [5, 5.41) is 9.63. The highest BCUT2D eigenvalue weighted by Crippen LogP contribution is 2.30. The first kappa shape index (κ1) is 21.6.